The molecule has 6 nitrogen and oxygen atoms in total. The molecule has 1 heterocycles. The summed E-state index contributed by atoms with van der Waals surface area (Å²) in [7, 11) is 3.14. The molecule has 0 spiro atoms. The number of benzene rings is 3. The minimum Gasteiger partial charge on any atom is -0.493 e. The summed E-state index contributed by atoms with van der Waals surface area (Å²) in [5, 5.41) is 2.99. The van der Waals surface area contributed by atoms with Crippen LogP contribution in [0.4, 0.5) is 0 Å². The maximum atomic E-state index is 12.8. The molecule has 0 unspecified atom stereocenters. The number of methoxy groups -OCH3 is 2. The summed E-state index contributed by atoms with van der Waals surface area (Å²) >= 11 is 0. The van der Waals surface area contributed by atoms with Crippen LogP contribution in [0.1, 0.15) is 34.6 Å². The molecular formula is C29H30N2O4. The van der Waals surface area contributed by atoms with Crippen LogP contribution in [0, 0.1) is 0 Å². The number of hydrogen-bond donors (Lipinski definition) is 1. The Kier molecular flexibility index (Phi) is 7.83. The van der Waals surface area contributed by atoms with Gasteiger partial charge in [0.1, 0.15) is 6.54 Å². The predicted molar refractivity (Wildman–Crippen MR) is 136 cm³/mol. The largest absolute Gasteiger partial charge is 0.493 e. The van der Waals surface area contributed by atoms with Crippen molar-refractivity contribution in [3.8, 4) is 11.5 Å². The van der Waals surface area contributed by atoms with Crippen molar-refractivity contribution in [2.75, 3.05) is 27.3 Å². The molecule has 6 heteroatoms. The van der Waals surface area contributed by atoms with Crippen LogP contribution in [0.3, 0.4) is 0 Å². The quantitative estimate of drug-likeness (QED) is 0.504. The van der Waals surface area contributed by atoms with E-state index >= 15 is 0 Å². The average Bonchev–Trinajstić information content (AvgIpc) is 3.04. The monoisotopic (exact) mass is 470 g/mol. The van der Waals surface area contributed by atoms with Gasteiger partial charge in [-0.15, -0.1) is 0 Å². The molecule has 3 aromatic carbocycles. The highest BCUT2D eigenvalue weighted by atomic mass is 16.5. The van der Waals surface area contributed by atoms with Crippen LogP contribution in [-0.2, 0) is 16.0 Å². The number of nitrogens with one attached hydrogen (secondary N) is 1. The topological polar surface area (TPSA) is 67.9 Å². The van der Waals surface area contributed by atoms with Gasteiger partial charge in [-0.1, -0.05) is 60.7 Å². The maximum absolute atomic E-state index is 12.8. The summed E-state index contributed by atoms with van der Waals surface area (Å²) in [5.41, 5.74) is 4.12. The number of fused-ring (bicyclic) bond motifs is 1. The Balaban J connectivity index is 1.38. The van der Waals surface area contributed by atoms with E-state index in [9.17, 15) is 9.59 Å². The first kappa shape index (κ1) is 24.1. The maximum Gasteiger partial charge on any atom is 0.240 e. The lowest BCUT2D eigenvalue weighted by molar-refractivity contribution is -0.132. The molecule has 35 heavy (non-hydrogen) atoms. The van der Waals surface area contributed by atoms with E-state index in [0.29, 0.717) is 18.0 Å². The molecule has 0 aliphatic carbocycles. The highest BCUT2D eigenvalue weighted by molar-refractivity contribution is 5.89. The van der Waals surface area contributed by atoms with Gasteiger partial charge in [-0.3, -0.25) is 9.59 Å². The van der Waals surface area contributed by atoms with Crippen LogP contribution in [0.25, 0.3) is 6.08 Å². The van der Waals surface area contributed by atoms with Crippen molar-refractivity contribution in [1.29, 1.82) is 0 Å². The molecule has 1 aliphatic heterocycles. The molecule has 2 amide bonds. The second-order valence-corrected chi connectivity index (χ2v) is 8.43. The van der Waals surface area contributed by atoms with Gasteiger partial charge in [0.05, 0.1) is 20.6 Å². The fraction of sp³-hybridized carbons (Fsp3) is 0.241. The Morgan fingerprint density at radius 2 is 1.54 bits per heavy atom. The van der Waals surface area contributed by atoms with Crippen LogP contribution < -0.4 is 14.8 Å². The minimum atomic E-state index is -0.191. The lowest BCUT2D eigenvalue weighted by atomic mass is 9.88. The van der Waals surface area contributed by atoms with Crippen molar-refractivity contribution in [2.45, 2.75) is 18.8 Å². The van der Waals surface area contributed by atoms with Crippen molar-refractivity contribution < 1.29 is 19.1 Å². The molecule has 4 rings (SSSR count). The number of carbonyl (C=O) groups excluding carboxylic acids is 2. The summed E-state index contributed by atoms with van der Waals surface area (Å²) in [6, 6.07) is 24.2. The first-order chi connectivity index (χ1) is 17.1. The fourth-order valence-electron chi connectivity index (χ4n) is 4.37. The lowest BCUT2D eigenvalue weighted by Crippen LogP contribution is -2.38. The standard InChI is InChI=1S/C29H30N2O4/c1-34-26-17-23-14-16-31(29(33)19-24(23)18-27(26)35-2)20-28(32)30-15-13-25(21-9-5-3-6-10-21)22-11-7-4-8-12-22/h3-12,14,16-18,25H,13,15,19-20H2,1-2H3,(H,30,32). The van der Waals surface area contributed by atoms with Crippen molar-refractivity contribution in [1.82, 2.24) is 10.2 Å². The Hall–Kier alpha value is -4.06. The molecule has 3 aromatic rings. The summed E-state index contributed by atoms with van der Waals surface area (Å²) in [6.07, 6.45) is 4.43. The number of amides is 2. The molecule has 0 saturated heterocycles. The summed E-state index contributed by atoms with van der Waals surface area (Å²) < 4.78 is 10.7. The number of ether oxygens (including phenoxy) is 2. The highest BCUT2D eigenvalue weighted by Gasteiger charge is 2.22. The van der Waals surface area contributed by atoms with Gasteiger partial charge < -0.3 is 19.7 Å². The second kappa shape index (κ2) is 11.4. The molecule has 1 aliphatic rings. The van der Waals surface area contributed by atoms with E-state index in [1.54, 1.807) is 20.4 Å². The zero-order valence-electron chi connectivity index (χ0n) is 20.1. The van der Waals surface area contributed by atoms with E-state index in [4.69, 9.17) is 9.47 Å². The number of nitrogens with zero attached hydrogens (tertiary/aromatic N) is 1. The van der Waals surface area contributed by atoms with Crippen LogP contribution in [0.5, 0.6) is 11.5 Å². The smallest absolute Gasteiger partial charge is 0.240 e. The number of hydrogen-bond acceptors (Lipinski definition) is 4. The first-order valence-electron chi connectivity index (χ1n) is 11.7. The van der Waals surface area contributed by atoms with Crippen LogP contribution in [0.15, 0.2) is 79.0 Å². The molecule has 0 radical (unpaired) electrons. The van der Waals surface area contributed by atoms with Gasteiger partial charge in [0.15, 0.2) is 11.5 Å². The second-order valence-electron chi connectivity index (χ2n) is 8.43. The van der Waals surface area contributed by atoms with Crippen molar-refractivity contribution in [3.63, 3.8) is 0 Å². The predicted octanol–water partition coefficient (Wildman–Crippen LogP) is 4.40. The van der Waals surface area contributed by atoms with Gasteiger partial charge in [-0.2, -0.15) is 0 Å². The first-order valence-corrected chi connectivity index (χ1v) is 11.7. The molecule has 0 fully saturated rings. The zero-order valence-corrected chi connectivity index (χ0v) is 20.1. The van der Waals surface area contributed by atoms with Crippen molar-refractivity contribution >= 4 is 17.9 Å². The molecular weight excluding hydrogens is 440 g/mol. The Morgan fingerprint density at radius 3 is 2.14 bits per heavy atom. The number of carbonyl (C=O) groups is 2. The van der Waals surface area contributed by atoms with Crippen LogP contribution in [0.2, 0.25) is 0 Å². The van der Waals surface area contributed by atoms with Crippen LogP contribution >= 0.6 is 0 Å². The average molecular weight is 471 g/mol. The third-order valence-electron chi connectivity index (χ3n) is 6.21. The third kappa shape index (κ3) is 5.90. The molecule has 0 aromatic heterocycles. The van der Waals surface area contributed by atoms with Crippen LogP contribution in [-0.4, -0.2) is 44.0 Å². The summed E-state index contributed by atoms with van der Waals surface area (Å²) in [6.45, 7) is 0.479. The van der Waals surface area contributed by atoms with E-state index < -0.39 is 0 Å². The SMILES string of the molecule is COc1cc2c(cc1OC)CC(=O)N(CC(=O)NCCC(c1ccccc1)c1ccccc1)C=C2. The Labute approximate surface area is 206 Å². The zero-order chi connectivity index (χ0) is 24.6. The molecule has 1 N–H and O–H groups in total. The Bertz CT molecular complexity index is 1150. The normalized spacial score (nSPS) is 12.8. The number of rotatable bonds is 9. The van der Waals surface area contributed by atoms with E-state index in [1.807, 2.05) is 54.6 Å². The van der Waals surface area contributed by atoms with Gasteiger partial charge >= 0.3 is 0 Å². The van der Waals surface area contributed by atoms with E-state index in [0.717, 1.165) is 17.5 Å². The van der Waals surface area contributed by atoms with Gasteiger partial charge in [-0.25, -0.2) is 0 Å². The van der Waals surface area contributed by atoms with E-state index in [2.05, 4.69) is 29.6 Å². The van der Waals surface area contributed by atoms with Crippen molar-refractivity contribution in [3.05, 3.63) is 101 Å². The van der Waals surface area contributed by atoms with Crippen molar-refractivity contribution in [2.24, 2.45) is 0 Å². The van der Waals surface area contributed by atoms with Gasteiger partial charge in [-0.05, 0) is 46.9 Å². The highest BCUT2D eigenvalue weighted by Crippen LogP contribution is 2.33. The molecule has 0 bridgehead atoms. The molecule has 0 saturated carbocycles. The third-order valence-corrected chi connectivity index (χ3v) is 6.21. The van der Waals surface area contributed by atoms with Gasteiger partial charge in [0.2, 0.25) is 11.8 Å². The van der Waals surface area contributed by atoms with Gasteiger partial charge in [0, 0.05) is 18.7 Å². The van der Waals surface area contributed by atoms with Gasteiger partial charge in [0.25, 0.3) is 0 Å². The lowest BCUT2D eigenvalue weighted by Gasteiger charge is -2.20. The summed E-state index contributed by atoms with van der Waals surface area (Å²) in [4.78, 5) is 27.0. The van der Waals surface area contributed by atoms with E-state index in [-0.39, 0.29) is 30.7 Å². The summed E-state index contributed by atoms with van der Waals surface area (Å²) in [5.74, 6) is 1.01. The molecule has 0 atom stereocenters. The minimum absolute atomic E-state index is 0.0288. The fourth-order valence-corrected chi connectivity index (χ4v) is 4.37. The van der Waals surface area contributed by atoms with E-state index in [1.165, 1.54) is 16.0 Å². The Morgan fingerprint density at radius 1 is 0.943 bits per heavy atom. The molecule has 180 valence electrons.